The number of amides is 2. The van der Waals surface area contributed by atoms with E-state index >= 15 is 0 Å². The highest BCUT2D eigenvalue weighted by molar-refractivity contribution is 5.75. The van der Waals surface area contributed by atoms with Crippen LogP contribution in [0.3, 0.4) is 0 Å². The smallest absolute Gasteiger partial charge is 0.318 e. The molecule has 5 heteroatoms. The Kier molecular flexibility index (Phi) is 4.90. The number of urea groups is 1. The van der Waals surface area contributed by atoms with Crippen molar-refractivity contribution in [1.29, 1.82) is 0 Å². The minimum absolute atomic E-state index is 0.0148. The molecule has 24 heavy (non-hydrogen) atoms. The van der Waals surface area contributed by atoms with E-state index in [0.29, 0.717) is 18.5 Å². The SMILES string of the molecule is CC(c1ccco1)N(C(=O)NCC1CCOC1C(C)(C)C)C1CC1. The van der Waals surface area contributed by atoms with Crippen LogP contribution in [0.1, 0.15) is 58.8 Å². The fraction of sp³-hybridized carbons (Fsp3) is 0.737. The third-order valence-electron chi connectivity index (χ3n) is 5.13. The zero-order valence-electron chi connectivity index (χ0n) is 15.2. The van der Waals surface area contributed by atoms with Crippen LogP contribution in [0, 0.1) is 11.3 Å². The fourth-order valence-electron chi connectivity index (χ4n) is 3.79. The molecule has 0 radical (unpaired) electrons. The van der Waals surface area contributed by atoms with Crippen LogP contribution in [-0.2, 0) is 4.74 Å². The van der Waals surface area contributed by atoms with Crippen molar-refractivity contribution in [2.45, 2.75) is 65.1 Å². The third kappa shape index (κ3) is 3.77. The second-order valence-corrected chi connectivity index (χ2v) is 8.22. The highest BCUT2D eigenvalue weighted by Crippen LogP contribution is 2.36. The molecule has 5 nitrogen and oxygen atoms in total. The van der Waals surface area contributed by atoms with Gasteiger partial charge >= 0.3 is 6.03 Å². The molecule has 2 heterocycles. The Hall–Kier alpha value is -1.49. The number of nitrogens with one attached hydrogen (secondary N) is 1. The Morgan fingerprint density at radius 1 is 1.38 bits per heavy atom. The van der Waals surface area contributed by atoms with Crippen LogP contribution >= 0.6 is 0 Å². The van der Waals surface area contributed by atoms with E-state index in [9.17, 15) is 4.79 Å². The van der Waals surface area contributed by atoms with Crippen LogP contribution in [0.15, 0.2) is 22.8 Å². The summed E-state index contributed by atoms with van der Waals surface area (Å²) in [5.74, 6) is 1.22. The summed E-state index contributed by atoms with van der Waals surface area (Å²) < 4.78 is 11.4. The van der Waals surface area contributed by atoms with Crippen LogP contribution in [0.5, 0.6) is 0 Å². The molecule has 0 bridgehead atoms. The molecule has 1 N–H and O–H groups in total. The van der Waals surface area contributed by atoms with Gasteiger partial charge in [0.2, 0.25) is 0 Å². The molecule has 1 aliphatic carbocycles. The molecule has 1 aromatic heterocycles. The molecule has 1 aliphatic heterocycles. The van der Waals surface area contributed by atoms with Gasteiger partial charge in [0, 0.05) is 25.1 Å². The topological polar surface area (TPSA) is 54.7 Å². The molecular weight excluding hydrogens is 304 g/mol. The zero-order chi connectivity index (χ0) is 17.3. The van der Waals surface area contributed by atoms with E-state index in [2.05, 4.69) is 26.1 Å². The summed E-state index contributed by atoms with van der Waals surface area (Å²) in [6.07, 6.45) is 5.04. The van der Waals surface area contributed by atoms with Gasteiger partial charge in [-0.2, -0.15) is 0 Å². The first kappa shape index (κ1) is 17.3. The fourth-order valence-corrected chi connectivity index (χ4v) is 3.79. The largest absolute Gasteiger partial charge is 0.467 e. The van der Waals surface area contributed by atoms with Gasteiger partial charge < -0.3 is 19.4 Å². The van der Waals surface area contributed by atoms with Crippen molar-refractivity contribution in [3.05, 3.63) is 24.2 Å². The van der Waals surface area contributed by atoms with E-state index in [1.54, 1.807) is 6.26 Å². The van der Waals surface area contributed by atoms with Crippen LogP contribution in [-0.4, -0.2) is 36.2 Å². The lowest BCUT2D eigenvalue weighted by Gasteiger charge is -2.32. The van der Waals surface area contributed by atoms with E-state index in [0.717, 1.165) is 31.6 Å². The van der Waals surface area contributed by atoms with Gasteiger partial charge in [-0.15, -0.1) is 0 Å². The predicted molar refractivity (Wildman–Crippen MR) is 92.7 cm³/mol. The Morgan fingerprint density at radius 2 is 2.12 bits per heavy atom. The van der Waals surface area contributed by atoms with Crippen molar-refractivity contribution in [3.8, 4) is 0 Å². The summed E-state index contributed by atoms with van der Waals surface area (Å²) in [5.41, 5.74) is 0.101. The van der Waals surface area contributed by atoms with Crippen molar-refractivity contribution in [2.75, 3.05) is 13.2 Å². The van der Waals surface area contributed by atoms with Crippen molar-refractivity contribution in [2.24, 2.45) is 11.3 Å². The number of nitrogens with zero attached hydrogens (tertiary/aromatic N) is 1. The maximum atomic E-state index is 12.8. The molecule has 134 valence electrons. The van der Waals surface area contributed by atoms with Gasteiger partial charge in [-0.1, -0.05) is 20.8 Å². The molecule has 1 aromatic rings. The van der Waals surface area contributed by atoms with Crippen molar-refractivity contribution in [1.82, 2.24) is 10.2 Å². The maximum absolute atomic E-state index is 12.8. The summed E-state index contributed by atoms with van der Waals surface area (Å²) in [6, 6.07) is 4.13. The molecule has 0 spiro atoms. The molecular formula is C19H30N2O3. The highest BCUT2D eigenvalue weighted by atomic mass is 16.5. The lowest BCUT2D eigenvalue weighted by Crippen LogP contribution is -2.46. The van der Waals surface area contributed by atoms with E-state index in [1.165, 1.54) is 0 Å². The quantitative estimate of drug-likeness (QED) is 0.886. The molecule has 2 aliphatic rings. The number of ether oxygens (including phenoxy) is 1. The minimum Gasteiger partial charge on any atom is -0.467 e. The summed E-state index contributed by atoms with van der Waals surface area (Å²) in [7, 11) is 0. The summed E-state index contributed by atoms with van der Waals surface area (Å²) in [5, 5.41) is 3.16. The first-order valence-electron chi connectivity index (χ1n) is 9.09. The Morgan fingerprint density at radius 3 is 2.71 bits per heavy atom. The Labute approximate surface area is 144 Å². The molecule has 3 unspecified atom stereocenters. The van der Waals surface area contributed by atoms with E-state index in [-0.39, 0.29) is 23.6 Å². The maximum Gasteiger partial charge on any atom is 0.318 e. The van der Waals surface area contributed by atoms with Crippen molar-refractivity contribution < 1.29 is 13.9 Å². The number of carbonyl (C=O) groups excluding carboxylic acids is 1. The monoisotopic (exact) mass is 334 g/mol. The van der Waals surface area contributed by atoms with Gasteiger partial charge in [-0.3, -0.25) is 0 Å². The first-order chi connectivity index (χ1) is 11.4. The molecule has 1 saturated heterocycles. The van der Waals surface area contributed by atoms with E-state index in [4.69, 9.17) is 9.15 Å². The predicted octanol–water partition coefficient (Wildman–Crippen LogP) is 3.97. The van der Waals surface area contributed by atoms with Gasteiger partial charge in [0.15, 0.2) is 0 Å². The Bertz CT molecular complexity index is 545. The number of furan rings is 1. The lowest BCUT2D eigenvalue weighted by molar-refractivity contribution is 0.00744. The molecule has 3 rings (SSSR count). The molecule has 3 atom stereocenters. The number of hydrogen-bond donors (Lipinski definition) is 1. The average Bonchev–Trinajstić information content (AvgIpc) is 3.05. The van der Waals surface area contributed by atoms with Crippen molar-refractivity contribution >= 4 is 6.03 Å². The summed E-state index contributed by atoms with van der Waals surface area (Å²) in [4.78, 5) is 14.8. The van der Waals surface area contributed by atoms with Crippen LogP contribution in [0.2, 0.25) is 0 Å². The van der Waals surface area contributed by atoms with E-state index in [1.807, 2.05) is 24.0 Å². The van der Waals surface area contributed by atoms with Gasteiger partial charge in [-0.05, 0) is 43.7 Å². The molecule has 2 amide bonds. The third-order valence-corrected chi connectivity index (χ3v) is 5.13. The standard InChI is InChI=1S/C19H30N2O3/c1-13(16-6-5-10-23-16)21(15-7-8-15)18(22)20-12-14-9-11-24-17(14)19(2,3)4/h5-6,10,13-15,17H,7-9,11-12H2,1-4H3,(H,20,22). The highest BCUT2D eigenvalue weighted by Gasteiger charge is 2.40. The van der Waals surface area contributed by atoms with Gasteiger partial charge in [0.1, 0.15) is 5.76 Å². The molecule has 2 fully saturated rings. The van der Waals surface area contributed by atoms with Crippen LogP contribution in [0.25, 0.3) is 0 Å². The van der Waals surface area contributed by atoms with Gasteiger partial charge in [-0.25, -0.2) is 4.79 Å². The number of carbonyl (C=O) groups is 1. The first-order valence-corrected chi connectivity index (χ1v) is 9.09. The van der Waals surface area contributed by atoms with Crippen LogP contribution in [0.4, 0.5) is 4.79 Å². The number of rotatable bonds is 5. The molecule has 0 aromatic carbocycles. The summed E-state index contributed by atoms with van der Waals surface area (Å²) >= 11 is 0. The second kappa shape index (κ2) is 6.79. The van der Waals surface area contributed by atoms with Gasteiger partial charge in [0.25, 0.3) is 0 Å². The normalized spacial score (nSPS) is 25.5. The Balaban J connectivity index is 1.60. The molecule has 1 saturated carbocycles. The van der Waals surface area contributed by atoms with Crippen LogP contribution < -0.4 is 5.32 Å². The van der Waals surface area contributed by atoms with Gasteiger partial charge in [0.05, 0.1) is 18.4 Å². The summed E-state index contributed by atoms with van der Waals surface area (Å²) in [6.45, 7) is 10.1. The number of hydrogen-bond acceptors (Lipinski definition) is 3. The second-order valence-electron chi connectivity index (χ2n) is 8.22. The zero-order valence-corrected chi connectivity index (χ0v) is 15.2. The minimum atomic E-state index is -0.0364. The lowest BCUT2D eigenvalue weighted by atomic mass is 9.81. The van der Waals surface area contributed by atoms with E-state index < -0.39 is 0 Å². The van der Waals surface area contributed by atoms with Crippen molar-refractivity contribution in [3.63, 3.8) is 0 Å². The average molecular weight is 334 g/mol.